The molecule has 0 aliphatic carbocycles. The Bertz CT molecular complexity index is 634. The Morgan fingerprint density at radius 2 is 2.00 bits per heavy atom. The molecule has 0 radical (unpaired) electrons. The van der Waals surface area contributed by atoms with E-state index >= 15 is 0 Å². The lowest BCUT2D eigenvalue weighted by molar-refractivity contribution is 0.609. The second kappa shape index (κ2) is 5.29. The number of fused-ring (bicyclic) bond motifs is 1. The van der Waals surface area contributed by atoms with E-state index in [0.717, 1.165) is 42.4 Å². The first-order chi connectivity index (χ1) is 9.65. The van der Waals surface area contributed by atoms with E-state index in [1.807, 2.05) is 25.1 Å². The highest BCUT2D eigenvalue weighted by Gasteiger charge is 2.20. The zero-order valence-electron chi connectivity index (χ0n) is 12.3. The van der Waals surface area contributed by atoms with Crippen molar-refractivity contribution in [1.82, 2.24) is 20.3 Å². The topological polar surface area (TPSA) is 50.7 Å². The van der Waals surface area contributed by atoms with E-state index in [9.17, 15) is 0 Å². The van der Waals surface area contributed by atoms with Crippen molar-refractivity contribution in [3.05, 3.63) is 40.8 Å². The summed E-state index contributed by atoms with van der Waals surface area (Å²) in [7, 11) is 0. The van der Waals surface area contributed by atoms with Crippen LogP contribution in [0.2, 0.25) is 0 Å². The van der Waals surface area contributed by atoms with Crippen LogP contribution in [0.25, 0.3) is 11.5 Å². The molecule has 1 N–H and O–H groups in total. The van der Waals surface area contributed by atoms with Gasteiger partial charge in [-0.2, -0.15) is 0 Å². The Morgan fingerprint density at radius 3 is 2.75 bits per heavy atom. The van der Waals surface area contributed by atoms with Crippen molar-refractivity contribution in [2.45, 2.75) is 39.7 Å². The average molecular weight is 268 g/mol. The molecule has 2 aromatic heterocycles. The summed E-state index contributed by atoms with van der Waals surface area (Å²) in [6.45, 7) is 8.23. The summed E-state index contributed by atoms with van der Waals surface area (Å²) < 4.78 is 0. The summed E-state index contributed by atoms with van der Waals surface area (Å²) >= 11 is 0. The molecule has 0 saturated heterocycles. The van der Waals surface area contributed by atoms with Gasteiger partial charge in [-0.3, -0.25) is 0 Å². The zero-order valence-corrected chi connectivity index (χ0v) is 12.3. The Kier molecular flexibility index (Phi) is 3.49. The Balaban J connectivity index is 2.15. The van der Waals surface area contributed by atoms with E-state index in [4.69, 9.17) is 9.97 Å². The third-order valence-electron chi connectivity index (χ3n) is 3.63. The van der Waals surface area contributed by atoms with Crippen LogP contribution in [0.4, 0.5) is 0 Å². The molecule has 0 aromatic carbocycles. The first kappa shape index (κ1) is 13.2. The minimum absolute atomic E-state index is 0.398. The van der Waals surface area contributed by atoms with Crippen molar-refractivity contribution in [3.8, 4) is 11.5 Å². The normalized spacial score (nSPS) is 14.4. The molecule has 1 aliphatic heterocycles. The number of hydrogen-bond donors (Lipinski definition) is 1. The van der Waals surface area contributed by atoms with Gasteiger partial charge >= 0.3 is 0 Å². The monoisotopic (exact) mass is 268 g/mol. The molecule has 0 unspecified atom stereocenters. The van der Waals surface area contributed by atoms with Crippen molar-refractivity contribution in [2.24, 2.45) is 0 Å². The highest BCUT2D eigenvalue weighted by Crippen LogP contribution is 2.25. The molecular weight excluding hydrogens is 248 g/mol. The van der Waals surface area contributed by atoms with Crippen LogP contribution in [0.1, 0.15) is 42.4 Å². The van der Waals surface area contributed by atoms with E-state index in [2.05, 4.69) is 24.1 Å². The molecule has 0 atom stereocenters. The standard InChI is InChI=1S/C16H20N4/c1-10(2)15-12-9-17-8-7-13(12)19-16(20-15)14-6-4-5-11(3)18-14/h4-6,10,17H,7-9H2,1-3H3. The predicted octanol–water partition coefficient (Wildman–Crippen LogP) is 2.62. The number of nitrogens with one attached hydrogen (secondary N) is 1. The smallest absolute Gasteiger partial charge is 0.178 e. The Morgan fingerprint density at radius 1 is 1.15 bits per heavy atom. The first-order valence-corrected chi connectivity index (χ1v) is 7.19. The minimum atomic E-state index is 0.398. The summed E-state index contributed by atoms with van der Waals surface area (Å²) in [5, 5.41) is 3.41. The number of pyridine rings is 1. The van der Waals surface area contributed by atoms with Gasteiger partial charge in [0.05, 0.1) is 11.4 Å². The molecule has 104 valence electrons. The molecule has 4 heteroatoms. The average Bonchev–Trinajstić information content (AvgIpc) is 2.46. The first-order valence-electron chi connectivity index (χ1n) is 7.19. The van der Waals surface area contributed by atoms with Crippen LogP contribution in [0.5, 0.6) is 0 Å². The molecular formula is C16H20N4. The zero-order chi connectivity index (χ0) is 14.1. The van der Waals surface area contributed by atoms with E-state index in [1.165, 1.54) is 11.3 Å². The lowest BCUT2D eigenvalue weighted by Gasteiger charge is -2.21. The van der Waals surface area contributed by atoms with Crippen molar-refractivity contribution in [1.29, 1.82) is 0 Å². The highest BCUT2D eigenvalue weighted by atomic mass is 15.0. The van der Waals surface area contributed by atoms with E-state index in [1.54, 1.807) is 0 Å². The fourth-order valence-corrected chi connectivity index (χ4v) is 2.63. The fraction of sp³-hybridized carbons (Fsp3) is 0.438. The number of rotatable bonds is 2. The molecule has 0 spiro atoms. The minimum Gasteiger partial charge on any atom is -0.312 e. The quantitative estimate of drug-likeness (QED) is 0.909. The molecule has 1 aliphatic rings. The van der Waals surface area contributed by atoms with Crippen LogP contribution in [0, 0.1) is 6.92 Å². The van der Waals surface area contributed by atoms with Gasteiger partial charge in [0.15, 0.2) is 5.82 Å². The van der Waals surface area contributed by atoms with E-state index < -0.39 is 0 Å². The molecule has 3 rings (SSSR count). The molecule has 0 amide bonds. The second-order valence-electron chi connectivity index (χ2n) is 5.60. The van der Waals surface area contributed by atoms with Gasteiger partial charge in [0.25, 0.3) is 0 Å². The number of nitrogens with zero attached hydrogens (tertiary/aromatic N) is 3. The van der Waals surface area contributed by atoms with E-state index in [-0.39, 0.29) is 0 Å². The predicted molar refractivity (Wildman–Crippen MR) is 79.5 cm³/mol. The molecule has 0 saturated carbocycles. The van der Waals surface area contributed by atoms with Crippen molar-refractivity contribution in [2.75, 3.05) is 6.54 Å². The molecule has 0 bridgehead atoms. The van der Waals surface area contributed by atoms with Crippen LogP contribution in [-0.4, -0.2) is 21.5 Å². The van der Waals surface area contributed by atoms with Crippen LogP contribution >= 0.6 is 0 Å². The van der Waals surface area contributed by atoms with Gasteiger partial charge in [0.1, 0.15) is 5.69 Å². The van der Waals surface area contributed by atoms with Gasteiger partial charge in [-0.25, -0.2) is 15.0 Å². The molecule has 3 heterocycles. The van der Waals surface area contributed by atoms with Crippen molar-refractivity contribution < 1.29 is 0 Å². The summed E-state index contributed by atoms with van der Waals surface area (Å²) in [6, 6.07) is 5.99. The van der Waals surface area contributed by atoms with Gasteiger partial charge in [-0.1, -0.05) is 19.9 Å². The molecule has 20 heavy (non-hydrogen) atoms. The number of aromatic nitrogens is 3. The summed E-state index contributed by atoms with van der Waals surface area (Å²) in [5.41, 5.74) is 5.48. The molecule has 2 aromatic rings. The van der Waals surface area contributed by atoms with Crippen molar-refractivity contribution in [3.63, 3.8) is 0 Å². The van der Waals surface area contributed by atoms with Gasteiger partial charge in [-0.15, -0.1) is 0 Å². The van der Waals surface area contributed by atoms with Crippen LogP contribution in [-0.2, 0) is 13.0 Å². The summed E-state index contributed by atoms with van der Waals surface area (Å²) in [4.78, 5) is 14.1. The fourth-order valence-electron chi connectivity index (χ4n) is 2.63. The Hall–Kier alpha value is -1.81. The SMILES string of the molecule is Cc1cccc(-c2nc3c(c(C(C)C)n2)CNCC3)n1. The third-order valence-corrected chi connectivity index (χ3v) is 3.63. The van der Waals surface area contributed by atoms with Gasteiger partial charge in [0.2, 0.25) is 0 Å². The summed E-state index contributed by atoms with van der Waals surface area (Å²) in [5.74, 6) is 1.16. The van der Waals surface area contributed by atoms with Crippen LogP contribution in [0.15, 0.2) is 18.2 Å². The number of aryl methyl sites for hydroxylation is 1. The maximum Gasteiger partial charge on any atom is 0.178 e. The Labute approximate surface area is 119 Å². The van der Waals surface area contributed by atoms with Crippen LogP contribution < -0.4 is 5.32 Å². The van der Waals surface area contributed by atoms with Gasteiger partial charge in [-0.05, 0) is 25.0 Å². The molecule has 4 nitrogen and oxygen atoms in total. The second-order valence-corrected chi connectivity index (χ2v) is 5.60. The maximum absolute atomic E-state index is 4.78. The lowest BCUT2D eigenvalue weighted by atomic mass is 9.98. The van der Waals surface area contributed by atoms with Gasteiger partial charge < -0.3 is 5.32 Å². The number of hydrogen-bond acceptors (Lipinski definition) is 4. The molecule has 0 fully saturated rings. The van der Waals surface area contributed by atoms with Crippen molar-refractivity contribution >= 4 is 0 Å². The largest absolute Gasteiger partial charge is 0.312 e. The summed E-state index contributed by atoms with van der Waals surface area (Å²) in [6.07, 6.45) is 0.969. The van der Waals surface area contributed by atoms with Crippen LogP contribution in [0.3, 0.4) is 0 Å². The maximum atomic E-state index is 4.78. The highest BCUT2D eigenvalue weighted by molar-refractivity contribution is 5.51. The lowest BCUT2D eigenvalue weighted by Crippen LogP contribution is -2.27. The van der Waals surface area contributed by atoms with Gasteiger partial charge in [0, 0.05) is 30.8 Å². The van der Waals surface area contributed by atoms with E-state index in [0.29, 0.717) is 5.92 Å². The third kappa shape index (κ3) is 2.43.